The molecule has 0 radical (unpaired) electrons. The van der Waals surface area contributed by atoms with Gasteiger partial charge in [-0.1, -0.05) is 80.7 Å². The zero-order chi connectivity index (χ0) is 145. The summed E-state index contributed by atoms with van der Waals surface area (Å²) < 4.78 is 527. The smallest absolute Gasteiger partial charge is 0.277 e. The van der Waals surface area contributed by atoms with Crippen LogP contribution in [0.5, 0.6) is 23.0 Å². The van der Waals surface area contributed by atoms with Crippen molar-refractivity contribution < 1.29 is 118 Å². The van der Waals surface area contributed by atoms with Crippen molar-refractivity contribution in [1.82, 2.24) is 117 Å². The number of sulfonamides is 4. The molecule has 4 aliphatic heterocycles. The number of aryl methyl sites for hydroxylation is 8. The number of benzene rings is 4. The molecule has 0 saturated carbocycles. The van der Waals surface area contributed by atoms with E-state index >= 15 is 0 Å². The minimum absolute atomic E-state index is 0.0149. The Balaban J connectivity index is 0.000000207. The first kappa shape index (κ1) is 62.2. The van der Waals surface area contributed by atoms with E-state index in [-0.39, 0.29) is 189 Å². The van der Waals surface area contributed by atoms with Crippen molar-refractivity contribution in [3.8, 4) is 68.5 Å². The molecule has 0 spiro atoms. The first-order valence-corrected chi connectivity index (χ1v) is 51.4. The number of ether oxygens (including phenoxy) is 4. The van der Waals surface area contributed by atoms with Gasteiger partial charge >= 0.3 is 0 Å². The van der Waals surface area contributed by atoms with Crippen molar-refractivity contribution in [1.29, 1.82) is 0 Å². The lowest BCUT2D eigenvalue weighted by atomic mass is 10.1. The Kier molecular flexibility index (Phi) is 21.5. The summed E-state index contributed by atoms with van der Waals surface area (Å²) in [6.45, 7) is -21.3. The molecule has 0 bridgehead atoms. The largest absolute Gasteiger partial charge is 0.493 e. The van der Waals surface area contributed by atoms with Crippen LogP contribution in [0, 0.1) is 0 Å². The number of rotatable bonds is 44. The average molecular weight is 2110 g/mol. The number of nitrogens with zero attached hydrogens (tertiary/aromatic N) is 16. The van der Waals surface area contributed by atoms with E-state index < -0.39 is 305 Å². The van der Waals surface area contributed by atoms with Gasteiger partial charge in [-0.15, -0.1) is 0 Å². The summed E-state index contributed by atoms with van der Waals surface area (Å²) >= 11 is 0. The highest BCUT2D eigenvalue weighted by molar-refractivity contribution is 7.90. The lowest BCUT2D eigenvalue weighted by Crippen LogP contribution is -2.31. The van der Waals surface area contributed by atoms with Gasteiger partial charge in [0.25, 0.3) is 22.2 Å². The van der Waals surface area contributed by atoms with Crippen LogP contribution in [0.1, 0.15) is 272 Å². The highest BCUT2D eigenvalue weighted by Crippen LogP contribution is 2.38. The fourth-order valence-corrected chi connectivity index (χ4v) is 19.1. The molecule has 4 aliphatic rings. The van der Waals surface area contributed by atoms with E-state index in [0.29, 0.717) is 44.9 Å². The van der Waals surface area contributed by atoms with Crippen LogP contribution in [-0.4, -0.2) is 263 Å². The maximum Gasteiger partial charge on any atom is 0.277 e. The van der Waals surface area contributed by atoms with Gasteiger partial charge in [-0.2, -0.15) is 20.4 Å². The number of aromatic amines is 4. The SMILES string of the molecule is [2H]C(NS(=O)(=O)c1ccc(OCCC)c(-c2nc3c(C([2H])([2H])C([2H])([2H])C)nn(C([2H])([2H])[2H])c3c(=O)[nH]2)c1)C([2H])([2H])C1CCCN1C([2H])([2H])[2H].[2H]C(NS(=O)(=O)c1ccc(OCCC)c(-c2nc3c(CC([2H])([2H])C([2H])([2H])[2H])nn(C)c3c(=O)[nH]2)c1)C([2H])([2H])C1CCCN1C([2H])([2H])[2H].[2H]C([2H])(CNS(=O)(=O)c1ccc(OCCC)c(-c2nc3c(CC([2H])([2H])C([2H])([2H])[2H])nn(C)c3c(=O)[nH]2)c1)C1CCCN1C([2H])([2H])[2H].[2H]C([2H])([2H])N1CCCC1C([2H])([2H])C([2H])([2H])NS(=O)(=O)c1ccc(OCCC)c(-c2nc3c(C([2H])([2H])C([2H])([2H])C)nn(C([2H])([2H])[2H])c3c(=O)[nH]2)c1. The van der Waals surface area contributed by atoms with Crippen LogP contribution in [0.3, 0.4) is 0 Å². The molecule has 12 heterocycles. The van der Waals surface area contributed by atoms with Gasteiger partial charge in [-0.05, 0) is 255 Å². The normalized spacial score (nSPS) is 23.9. The highest BCUT2D eigenvalue weighted by atomic mass is 32.2. The Hall–Kier alpha value is -11.0. The number of hydrogen-bond acceptors (Lipinski definition) is 28. The topological polar surface area (TPSA) is 489 Å². The predicted octanol–water partition coefficient (Wildman–Crippen LogP) is 11.3. The molecule has 4 saturated heterocycles. The molecule has 8 N–H and O–H groups in total. The minimum Gasteiger partial charge on any atom is -0.493 e. The van der Waals surface area contributed by atoms with Gasteiger partial charge < -0.3 is 58.5 Å². The van der Waals surface area contributed by atoms with Crippen LogP contribution in [-0.2, 0) is 93.7 Å². The Labute approximate surface area is 910 Å². The van der Waals surface area contributed by atoms with Crippen molar-refractivity contribution in [3.63, 3.8) is 0 Å². The molecule has 0 aliphatic carbocycles. The van der Waals surface area contributed by atoms with Gasteiger partial charge in [0.1, 0.15) is 68.4 Å². The van der Waals surface area contributed by atoms with Gasteiger partial charge in [-0.3, -0.25) is 37.9 Å². The summed E-state index contributed by atoms with van der Waals surface area (Å²) in [6.07, 6.45) is -24.7. The fraction of sp³-hybridized carbons (Fsp3) is 0.560. The molecule has 4 fully saturated rings. The Morgan fingerprint density at radius 2 is 0.660 bits per heavy atom. The first-order chi connectivity index (χ1) is 87.4. The molecule has 12 aromatic rings. The highest BCUT2D eigenvalue weighted by Gasteiger charge is 2.32. The van der Waals surface area contributed by atoms with Crippen LogP contribution in [0.4, 0.5) is 0 Å². The number of likely N-dealkylation sites (tertiary alicyclic amines) is 4. The van der Waals surface area contributed by atoms with Crippen molar-refractivity contribution in [2.24, 2.45) is 28.0 Å². The molecular weight excluding hydrogens is 1920 g/mol. The predicted molar refractivity (Wildman–Crippen MR) is 559 cm³/mol. The summed E-state index contributed by atoms with van der Waals surface area (Å²) in [4.78, 5) is 82.2. The number of fused-ring (bicyclic) bond motifs is 4. The summed E-state index contributed by atoms with van der Waals surface area (Å²) in [5.41, 5.74) is -8.91. The van der Waals surface area contributed by atoms with Crippen LogP contribution in [0.2, 0.25) is 0 Å². The second-order valence-electron chi connectivity index (χ2n) is 32.8. The van der Waals surface area contributed by atoms with Crippen molar-refractivity contribution in [3.05, 3.63) is 137 Å². The van der Waals surface area contributed by atoms with E-state index in [2.05, 4.69) is 65.0 Å². The monoisotopic (exact) mass is 2110 g/mol. The van der Waals surface area contributed by atoms with E-state index in [9.17, 15) is 52.8 Å². The number of H-pyrrole nitrogens is 4. The molecule has 784 valence electrons. The summed E-state index contributed by atoms with van der Waals surface area (Å²) in [5.74, 6) is -1.07. The second-order valence-corrected chi connectivity index (χ2v) is 39.6. The van der Waals surface area contributed by atoms with Gasteiger partial charge in [0, 0.05) is 144 Å². The van der Waals surface area contributed by atoms with E-state index in [0.717, 1.165) is 85.3 Å². The quantitative estimate of drug-likeness (QED) is 0.0176. The molecule has 4 aromatic carbocycles. The molecule has 6 atom stereocenters. The Morgan fingerprint density at radius 3 is 0.965 bits per heavy atom. The molecular formula is C100H144N24O16S4. The van der Waals surface area contributed by atoms with E-state index in [1.54, 1.807) is 18.6 Å². The van der Waals surface area contributed by atoms with Crippen LogP contribution in [0.15, 0.2) is 112 Å². The maximum absolute atomic E-state index is 13.6. The van der Waals surface area contributed by atoms with Gasteiger partial charge in [0.15, 0.2) is 22.1 Å². The first-order valence-electron chi connectivity index (χ1n) is 69.7. The Morgan fingerprint density at radius 1 is 0.368 bits per heavy atom. The number of hydrogen-bond donors (Lipinski definition) is 8. The van der Waals surface area contributed by atoms with Gasteiger partial charge in [0.05, 0.1) is 91.0 Å². The summed E-state index contributed by atoms with van der Waals surface area (Å²) in [5, 5.41) is 15.8. The van der Waals surface area contributed by atoms with Crippen LogP contribution < -0.4 is 60.1 Å². The Bertz CT molecular complexity index is 9450. The van der Waals surface area contributed by atoms with Gasteiger partial charge in [-0.25, -0.2) is 72.5 Å². The molecule has 40 nitrogen and oxygen atoms in total. The average Bonchev–Trinajstić information content (AvgIpc) is 1.58. The lowest BCUT2D eigenvalue weighted by molar-refractivity contribution is 0.297. The molecule has 6 unspecified atom stereocenters. The van der Waals surface area contributed by atoms with Crippen molar-refractivity contribution in [2.75, 3.05) is 107 Å². The lowest BCUT2D eigenvalue weighted by Gasteiger charge is -2.19. The molecule has 0 amide bonds. The molecule has 44 heteroatoms. The zero-order valence-corrected chi connectivity index (χ0v) is 82.7. The van der Waals surface area contributed by atoms with E-state index in [1.807, 2.05) is 23.3 Å². The molecule has 144 heavy (non-hydrogen) atoms. The summed E-state index contributed by atoms with van der Waals surface area (Å²) in [7, 11) is -15.9. The number of aromatic nitrogens is 16. The van der Waals surface area contributed by atoms with Gasteiger partial charge in [0.2, 0.25) is 40.1 Å². The van der Waals surface area contributed by atoms with E-state index in [1.165, 1.54) is 44.4 Å². The van der Waals surface area contributed by atoms with Crippen LogP contribution >= 0.6 is 0 Å². The standard InChI is InChI=1S/4C25H36N6O4S/c4*1-5-8-20-22-23(31(4)29-20)25(32)28-24(27-22)19-16-18(10-11-21(19)35-15-6-2)36(33,34)26-13-12-17-9-7-14-30(17)3/h4*10-11,16-17,26H,5-9,12-15H2,1-4H3,(H,27,28,32)/i3D3,4D3,5D2,8D2,12D2,13D2;3D3,4D3,5D2,8D2,12D2,13D;1D3,3D3,5D2,12D2,13D;1D3,3D3,5D2,12D2. The third-order valence-corrected chi connectivity index (χ3v) is 27.8. The van der Waals surface area contributed by atoms with Crippen molar-refractivity contribution in [2.45, 2.75) is 253 Å². The minimum atomic E-state index is -4.97. The number of nitrogens with one attached hydrogen (secondary N) is 8. The summed E-state index contributed by atoms with van der Waals surface area (Å²) in [6, 6.07) is 8.59. The maximum atomic E-state index is 13.6. The van der Waals surface area contributed by atoms with Crippen molar-refractivity contribution >= 4 is 84.2 Å². The van der Waals surface area contributed by atoms with E-state index in [4.69, 9.17) is 84.7 Å². The molecule has 16 rings (SSSR count). The fourth-order valence-electron chi connectivity index (χ4n) is 15.6. The van der Waals surface area contributed by atoms with Crippen LogP contribution in [0.25, 0.3) is 89.7 Å². The molecule has 8 aromatic heterocycles. The second kappa shape index (κ2) is 49.9. The third kappa shape index (κ3) is 26.5. The zero-order valence-electron chi connectivity index (χ0n) is 127. The third-order valence-electron chi connectivity index (χ3n) is 22.5.